The molecule has 1 rings (SSSR count). The lowest BCUT2D eigenvalue weighted by Crippen LogP contribution is -2.60. The van der Waals surface area contributed by atoms with Gasteiger partial charge in [-0.25, -0.2) is 0 Å². The number of amides is 1. The van der Waals surface area contributed by atoms with Crippen LogP contribution in [0.2, 0.25) is 0 Å². The van der Waals surface area contributed by atoms with Crippen molar-refractivity contribution >= 4 is 5.91 Å². The fourth-order valence-corrected chi connectivity index (χ4v) is 10.4. The van der Waals surface area contributed by atoms with Crippen molar-refractivity contribution in [2.75, 3.05) is 13.2 Å². The second kappa shape index (κ2) is 50.0. The molecule has 8 N–H and O–H groups in total. The van der Waals surface area contributed by atoms with Crippen LogP contribution in [0.25, 0.3) is 0 Å². The summed E-state index contributed by atoms with van der Waals surface area (Å²) in [6.45, 7) is 3.51. The second-order valence-electron chi connectivity index (χ2n) is 22.1. The molecule has 0 bridgehead atoms. The van der Waals surface area contributed by atoms with Gasteiger partial charge < -0.3 is 50.5 Å². The zero-order valence-electron chi connectivity index (χ0n) is 46.5. The molecule has 9 atom stereocenters. The van der Waals surface area contributed by atoms with Crippen molar-refractivity contribution in [1.82, 2.24) is 5.32 Å². The number of hydrogen-bond acceptors (Lipinski definition) is 10. The first-order chi connectivity index (χ1) is 34.7. The minimum atomic E-state index is -1.66. The van der Waals surface area contributed by atoms with Gasteiger partial charge in [-0.05, 0) is 12.8 Å². The summed E-state index contributed by atoms with van der Waals surface area (Å²) < 4.78 is 11.2. The van der Waals surface area contributed by atoms with E-state index in [-0.39, 0.29) is 6.42 Å². The third-order valence-corrected chi connectivity index (χ3v) is 15.4. The van der Waals surface area contributed by atoms with Crippen LogP contribution in [0.15, 0.2) is 0 Å². The SMILES string of the molecule is CCCCCCCCCCCCCCCCCCCCCCCCC(O)C(=O)NC(COC1OC(CO)C(O)C(O)C1O)C(O)C(O)CCCCCCCCCCCCCCCCCCCCCCCC. The van der Waals surface area contributed by atoms with Gasteiger partial charge in [0, 0.05) is 0 Å². The summed E-state index contributed by atoms with van der Waals surface area (Å²) in [4.78, 5) is 13.2. The van der Waals surface area contributed by atoms with E-state index in [1.807, 2.05) is 0 Å². The number of unbranched alkanes of at least 4 members (excludes halogenated alkanes) is 42. The van der Waals surface area contributed by atoms with Crippen molar-refractivity contribution in [3.8, 4) is 0 Å². The summed E-state index contributed by atoms with van der Waals surface area (Å²) in [7, 11) is 0. The highest BCUT2D eigenvalue weighted by Gasteiger charge is 2.44. The molecule has 0 aromatic carbocycles. The van der Waals surface area contributed by atoms with E-state index in [9.17, 15) is 40.5 Å². The van der Waals surface area contributed by atoms with E-state index in [1.165, 1.54) is 231 Å². The lowest BCUT2D eigenvalue weighted by Gasteiger charge is -2.40. The standard InChI is InChI=1S/C60H119NO10/c1-3-5-7-9-11-13-15-17-19-21-23-25-27-29-31-33-35-37-39-41-43-45-47-52(63)55(65)51(50-70-60-58(68)57(67)56(66)54(49-62)71-60)61-59(69)53(64)48-46-44-42-40-38-36-34-32-30-28-26-24-22-20-18-16-14-12-10-8-6-4-2/h51-58,60,62-68H,3-50H2,1-2H3,(H,61,69). The normalized spacial score (nSPS) is 20.0. The quantitative estimate of drug-likeness (QED) is 0.0272. The molecule has 0 aromatic rings. The minimum Gasteiger partial charge on any atom is -0.394 e. The molecule has 1 heterocycles. The van der Waals surface area contributed by atoms with Crippen LogP contribution in [0.3, 0.4) is 0 Å². The Morgan fingerprint density at radius 1 is 0.437 bits per heavy atom. The summed E-state index contributed by atoms with van der Waals surface area (Å²) in [6.07, 6.45) is 45.8. The molecule has 0 aromatic heterocycles. The largest absolute Gasteiger partial charge is 0.394 e. The van der Waals surface area contributed by atoms with E-state index in [4.69, 9.17) is 9.47 Å². The van der Waals surface area contributed by atoms with E-state index >= 15 is 0 Å². The van der Waals surface area contributed by atoms with Crippen LogP contribution in [0.4, 0.5) is 0 Å². The fourth-order valence-electron chi connectivity index (χ4n) is 10.4. The fraction of sp³-hybridized carbons (Fsp3) is 0.983. The molecular formula is C60H119NO10. The number of nitrogens with one attached hydrogen (secondary N) is 1. The van der Waals surface area contributed by atoms with Crippen molar-refractivity contribution in [3.05, 3.63) is 0 Å². The highest BCUT2D eigenvalue weighted by atomic mass is 16.7. The Morgan fingerprint density at radius 2 is 0.732 bits per heavy atom. The molecule has 11 nitrogen and oxygen atoms in total. The Morgan fingerprint density at radius 3 is 1.04 bits per heavy atom. The molecule has 1 amide bonds. The van der Waals surface area contributed by atoms with Crippen molar-refractivity contribution in [2.24, 2.45) is 0 Å². The Labute approximate surface area is 437 Å². The number of carbonyl (C=O) groups is 1. The maximum absolute atomic E-state index is 13.2. The van der Waals surface area contributed by atoms with Gasteiger partial charge in [0.1, 0.15) is 36.6 Å². The van der Waals surface area contributed by atoms with Crippen LogP contribution in [0.1, 0.15) is 309 Å². The first-order valence-electron chi connectivity index (χ1n) is 30.9. The number of aliphatic hydroxyl groups is 7. The molecular weight excluding hydrogens is 895 g/mol. The van der Waals surface area contributed by atoms with Gasteiger partial charge in [0.15, 0.2) is 6.29 Å². The predicted molar refractivity (Wildman–Crippen MR) is 293 cm³/mol. The van der Waals surface area contributed by atoms with E-state index in [1.54, 1.807) is 0 Å². The molecule has 71 heavy (non-hydrogen) atoms. The first kappa shape index (κ1) is 68.1. The van der Waals surface area contributed by atoms with Gasteiger partial charge >= 0.3 is 0 Å². The van der Waals surface area contributed by atoms with Gasteiger partial charge in [-0.2, -0.15) is 0 Å². The molecule has 0 saturated carbocycles. The van der Waals surface area contributed by atoms with Crippen molar-refractivity contribution < 1.29 is 50.0 Å². The third kappa shape index (κ3) is 38.3. The van der Waals surface area contributed by atoms with Gasteiger partial charge in [0.05, 0.1) is 25.4 Å². The summed E-state index contributed by atoms with van der Waals surface area (Å²) in [6, 6.07) is -1.16. The number of rotatable bonds is 54. The monoisotopic (exact) mass is 1010 g/mol. The zero-order valence-corrected chi connectivity index (χ0v) is 46.5. The smallest absolute Gasteiger partial charge is 0.249 e. The maximum atomic E-state index is 13.2. The van der Waals surface area contributed by atoms with Gasteiger partial charge in [-0.3, -0.25) is 4.79 Å². The lowest BCUT2D eigenvalue weighted by molar-refractivity contribution is -0.303. The molecule has 1 saturated heterocycles. The maximum Gasteiger partial charge on any atom is 0.249 e. The van der Waals surface area contributed by atoms with Crippen LogP contribution >= 0.6 is 0 Å². The highest BCUT2D eigenvalue weighted by molar-refractivity contribution is 5.80. The number of carbonyl (C=O) groups excluding carboxylic acids is 1. The number of ether oxygens (including phenoxy) is 2. The Bertz CT molecular complexity index is 1120. The summed E-state index contributed by atoms with van der Waals surface area (Å²) in [5.74, 6) is -0.688. The lowest BCUT2D eigenvalue weighted by atomic mass is 9.98. The second-order valence-corrected chi connectivity index (χ2v) is 22.1. The minimum absolute atomic E-state index is 0.267. The van der Waals surface area contributed by atoms with Crippen LogP contribution in [-0.2, 0) is 14.3 Å². The van der Waals surface area contributed by atoms with Crippen LogP contribution < -0.4 is 5.32 Å². The summed E-state index contributed by atoms with van der Waals surface area (Å²) in [5, 5.41) is 76.3. The number of aliphatic hydroxyl groups excluding tert-OH is 7. The van der Waals surface area contributed by atoms with E-state index in [0.717, 1.165) is 38.5 Å². The molecule has 0 aliphatic carbocycles. The first-order valence-corrected chi connectivity index (χ1v) is 30.9. The predicted octanol–water partition coefficient (Wildman–Crippen LogP) is 13.4. The van der Waals surface area contributed by atoms with Crippen LogP contribution in [0.5, 0.6) is 0 Å². The number of hydrogen-bond donors (Lipinski definition) is 8. The van der Waals surface area contributed by atoms with E-state index in [0.29, 0.717) is 19.3 Å². The topological polar surface area (TPSA) is 189 Å². The molecule has 11 heteroatoms. The molecule has 1 aliphatic rings. The molecule has 424 valence electrons. The van der Waals surface area contributed by atoms with Gasteiger partial charge in [0.25, 0.3) is 0 Å². The highest BCUT2D eigenvalue weighted by Crippen LogP contribution is 2.24. The summed E-state index contributed by atoms with van der Waals surface area (Å²) in [5.41, 5.74) is 0. The molecule has 1 fully saturated rings. The van der Waals surface area contributed by atoms with Crippen molar-refractivity contribution in [1.29, 1.82) is 0 Å². The molecule has 0 radical (unpaired) electrons. The van der Waals surface area contributed by atoms with Gasteiger partial charge in [0.2, 0.25) is 5.91 Å². The Balaban J connectivity index is 2.27. The van der Waals surface area contributed by atoms with Crippen molar-refractivity contribution in [2.45, 2.75) is 364 Å². The molecule has 1 aliphatic heterocycles. The van der Waals surface area contributed by atoms with Crippen LogP contribution in [0, 0.1) is 0 Å². The summed E-state index contributed by atoms with van der Waals surface area (Å²) >= 11 is 0. The molecule has 0 spiro atoms. The van der Waals surface area contributed by atoms with Gasteiger partial charge in [-0.1, -0.05) is 296 Å². The average molecular weight is 1010 g/mol. The average Bonchev–Trinajstić information content (AvgIpc) is 3.37. The van der Waals surface area contributed by atoms with Crippen LogP contribution in [-0.4, -0.2) is 110 Å². The van der Waals surface area contributed by atoms with E-state index in [2.05, 4.69) is 19.2 Å². The van der Waals surface area contributed by atoms with Crippen molar-refractivity contribution in [3.63, 3.8) is 0 Å². The Hall–Kier alpha value is -0.890. The van der Waals surface area contributed by atoms with E-state index < -0.39 is 74.2 Å². The zero-order chi connectivity index (χ0) is 51.8. The Kier molecular flexibility index (Phi) is 47.9. The molecule has 9 unspecified atom stereocenters. The van der Waals surface area contributed by atoms with Gasteiger partial charge in [-0.15, -0.1) is 0 Å². The third-order valence-electron chi connectivity index (χ3n) is 15.4.